The second-order valence-corrected chi connectivity index (χ2v) is 3.12. The molecule has 0 unspecified atom stereocenters. The molecule has 0 atom stereocenters. The Kier molecular flexibility index (Phi) is 39.2. The van der Waals surface area contributed by atoms with Gasteiger partial charge in [0, 0.05) is 16.5 Å². The first-order valence-electron chi connectivity index (χ1n) is 1.23. The van der Waals surface area contributed by atoms with E-state index in [2.05, 4.69) is 0 Å². The van der Waals surface area contributed by atoms with Gasteiger partial charge in [-0.25, -0.2) is 0 Å². The monoisotopic (exact) mass is 369 g/mol. The predicted octanol–water partition coefficient (Wildman–Crippen LogP) is -11.2. The first-order valence-corrected chi connectivity index (χ1v) is 5.09. The van der Waals surface area contributed by atoms with Crippen LogP contribution < -0.4 is 54.5 Å². The summed E-state index contributed by atoms with van der Waals surface area (Å²) in [6.07, 6.45) is 0. The van der Waals surface area contributed by atoms with E-state index in [0.29, 0.717) is 0 Å². The molecule has 0 amide bonds. The molecular weight excluding hydrogens is 369 g/mol. The second kappa shape index (κ2) is 15.3. The summed E-state index contributed by atoms with van der Waals surface area (Å²) >= 11 is -11.2. The molecule has 0 rings (SSSR count). The van der Waals surface area contributed by atoms with Crippen molar-refractivity contribution < 1.29 is 130 Å². The topological polar surface area (TPSA) is 161 Å². The third-order valence-electron chi connectivity index (χ3n) is 0. The van der Waals surface area contributed by atoms with Gasteiger partial charge in [0.1, 0.15) is 0 Å². The predicted molar refractivity (Wildman–Crippen MR) is 2.75 cm³/mol. The fourth-order valence-electron chi connectivity index (χ4n) is 0. The van der Waals surface area contributed by atoms with Crippen LogP contribution in [-0.4, -0.2) is 0 Å². The molecule has 0 aromatic carbocycles. The Hall–Kier alpha value is 2.27. The summed E-state index contributed by atoms with van der Waals surface area (Å²) in [4.78, 5) is 0. The van der Waals surface area contributed by atoms with Crippen molar-refractivity contribution in [3.8, 4) is 0 Å². The Labute approximate surface area is 128 Å². The van der Waals surface area contributed by atoms with Crippen molar-refractivity contribution in [2.24, 2.45) is 0 Å². The fraction of sp³-hybridized carbons (Fsp3) is 0. The summed E-state index contributed by atoms with van der Waals surface area (Å²) in [6, 6.07) is 0. The van der Waals surface area contributed by atoms with E-state index < -0.39 is 26.7 Å². The number of hydrogen-bond acceptors (Lipinski definition) is 8. The van der Waals surface area contributed by atoms with Crippen molar-refractivity contribution >= 4 is 0 Å². The van der Waals surface area contributed by atoms with Crippen molar-refractivity contribution in [3.63, 3.8) is 0 Å². The first-order chi connectivity index (χ1) is 4.00. The molecule has 0 saturated carbocycles. The number of hydrogen-bond donors (Lipinski definition) is 0. The quantitative estimate of drug-likeness (QED) is 0.380. The molecule has 83 valence electrons. The Bertz CT molecular complexity index is 222. The third-order valence-corrected chi connectivity index (χ3v) is 0. The first kappa shape index (κ1) is 36.0. The van der Waals surface area contributed by atoms with E-state index in [1.54, 1.807) is 0 Å². The van der Waals surface area contributed by atoms with Crippen molar-refractivity contribution in [2.45, 2.75) is 0 Å². The molecular formula is CoLi2Mn2NiO8. The molecule has 0 aromatic heterocycles. The molecule has 0 aliphatic carbocycles. The molecule has 1 radical (unpaired) electrons. The van der Waals surface area contributed by atoms with E-state index >= 15 is 0 Å². The summed E-state index contributed by atoms with van der Waals surface area (Å²) in [5.41, 5.74) is 0. The van der Waals surface area contributed by atoms with Crippen molar-refractivity contribution in [1.82, 2.24) is 0 Å². The summed E-state index contributed by atoms with van der Waals surface area (Å²) in [6.45, 7) is 0. The summed E-state index contributed by atoms with van der Waals surface area (Å²) in [5, 5.41) is 0. The van der Waals surface area contributed by atoms with Gasteiger partial charge >= 0.3 is 113 Å². The normalized spacial score (nSPS) is 8.29. The SMILES string of the molecule is [Co+2].[Li+].[Li+].[Ni].[O]=[Mn](=[O])([O-])[O-].[O]=[Mn](=[O])([O-])[O-]. The molecule has 0 fully saturated rings. The van der Waals surface area contributed by atoms with Gasteiger partial charge in [-0.3, -0.25) is 0 Å². The molecule has 0 aromatic rings. The van der Waals surface area contributed by atoms with Crippen LogP contribution in [0, 0.1) is 0 Å². The van der Waals surface area contributed by atoms with Gasteiger partial charge in [-0.2, -0.15) is 0 Å². The van der Waals surface area contributed by atoms with Gasteiger partial charge in [0.25, 0.3) is 0 Å². The summed E-state index contributed by atoms with van der Waals surface area (Å²) < 4.78 is 68.6. The maximum atomic E-state index is 8.58. The Balaban J connectivity index is -0.0000000178. The van der Waals surface area contributed by atoms with Gasteiger partial charge < -0.3 is 0 Å². The minimum atomic E-state index is -5.62. The fourth-order valence-corrected chi connectivity index (χ4v) is 0. The van der Waals surface area contributed by atoms with Crippen LogP contribution in [0.15, 0.2) is 0 Å². The Morgan fingerprint density at radius 3 is 0.643 bits per heavy atom. The molecule has 14 heteroatoms. The number of rotatable bonds is 0. The maximum absolute atomic E-state index is 8.58. The Morgan fingerprint density at radius 2 is 0.643 bits per heavy atom. The van der Waals surface area contributed by atoms with Crippen LogP contribution in [0.1, 0.15) is 0 Å². The summed E-state index contributed by atoms with van der Waals surface area (Å²) in [7, 11) is 0. The second-order valence-electron chi connectivity index (χ2n) is 0.756. The van der Waals surface area contributed by atoms with Gasteiger partial charge in [-0.1, -0.05) is 0 Å². The van der Waals surface area contributed by atoms with Crippen molar-refractivity contribution in [3.05, 3.63) is 0 Å². The van der Waals surface area contributed by atoms with Crippen LogP contribution in [0.3, 0.4) is 0 Å². The van der Waals surface area contributed by atoms with E-state index in [1.165, 1.54) is 0 Å². The zero-order chi connectivity index (χ0) is 9.00. The molecule has 0 N–H and O–H groups in total. The minimum absolute atomic E-state index is 0. The van der Waals surface area contributed by atoms with Gasteiger partial charge in [0.2, 0.25) is 0 Å². The Morgan fingerprint density at radius 1 is 0.643 bits per heavy atom. The molecule has 0 heterocycles. The van der Waals surface area contributed by atoms with Crippen molar-refractivity contribution in [2.75, 3.05) is 0 Å². The molecule has 0 aliphatic rings. The zero-order valence-electron chi connectivity index (χ0n) is 6.67. The average molecular weight is 369 g/mol. The molecule has 0 spiro atoms. The van der Waals surface area contributed by atoms with Crippen molar-refractivity contribution in [1.29, 1.82) is 0 Å². The van der Waals surface area contributed by atoms with Crippen LogP contribution in [-0.2, 0) is 75.3 Å². The van der Waals surface area contributed by atoms with Gasteiger partial charge in [-0.05, 0) is 0 Å². The van der Waals surface area contributed by atoms with Gasteiger partial charge in [-0.15, -0.1) is 0 Å². The third kappa shape index (κ3) is 486. The van der Waals surface area contributed by atoms with E-state index in [0.717, 1.165) is 0 Å². The van der Waals surface area contributed by atoms with Gasteiger partial charge in [0.15, 0.2) is 0 Å². The van der Waals surface area contributed by atoms with Crippen LogP contribution in [0.5, 0.6) is 0 Å². The van der Waals surface area contributed by atoms with Crippen LogP contribution in [0.4, 0.5) is 0 Å². The van der Waals surface area contributed by atoms with E-state index in [4.69, 9.17) is 32.1 Å². The van der Waals surface area contributed by atoms with E-state index in [1.807, 2.05) is 0 Å². The zero-order valence-corrected chi connectivity index (χ0v) is 11.1. The molecule has 0 bridgehead atoms. The summed E-state index contributed by atoms with van der Waals surface area (Å²) in [5.74, 6) is 0. The van der Waals surface area contributed by atoms with E-state index in [9.17, 15) is 0 Å². The molecule has 0 saturated heterocycles. The van der Waals surface area contributed by atoms with Crippen LogP contribution in [0.2, 0.25) is 0 Å². The molecule has 14 heavy (non-hydrogen) atoms. The van der Waals surface area contributed by atoms with E-state index in [-0.39, 0.29) is 71.0 Å². The average Bonchev–Trinajstić information content (AvgIpc) is 1.12. The molecule has 8 nitrogen and oxygen atoms in total. The standard InChI is InChI=1S/Co.2Li.2Mn.Ni.8O/q+2;2*+1;;;;;;;;4*-1. The van der Waals surface area contributed by atoms with Crippen LogP contribution >= 0.6 is 0 Å². The molecule has 0 aliphatic heterocycles. The van der Waals surface area contributed by atoms with Gasteiger partial charge in [0.05, 0.1) is 0 Å². The van der Waals surface area contributed by atoms with Crippen LogP contribution in [0.25, 0.3) is 0 Å².